The molecular weight excluding hydrogens is 230 g/mol. The molecule has 0 saturated carbocycles. The van der Waals surface area contributed by atoms with Crippen LogP contribution in [0.4, 0.5) is 0 Å². The third-order valence-corrected chi connectivity index (χ3v) is 3.72. The van der Waals surface area contributed by atoms with Gasteiger partial charge in [0, 0.05) is 10.8 Å². The lowest BCUT2D eigenvalue weighted by atomic mass is 10.0. The Labute approximate surface area is 105 Å². The molecule has 2 heteroatoms. The summed E-state index contributed by atoms with van der Waals surface area (Å²) in [5.74, 6) is 0. The molecule has 0 fully saturated rings. The van der Waals surface area contributed by atoms with Gasteiger partial charge in [0.15, 0.2) is 0 Å². The van der Waals surface area contributed by atoms with E-state index in [0.717, 1.165) is 26.8 Å². The van der Waals surface area contributed by atoms with Crippen LogP contribution in [0, 0.1) is 13.8 Å². The van der Waals surface area contributed by atoms with Gasteiger partial charge in [0.1, 0.15) is 0 Å². The molecule has 0 amide bonds. The van der Waals surface area contributed by atoms with Gasteiger partial charge in [0.25, 0.3) is 0 Å². The number of hydrogen-bond acceptors (Lipinski definition) is 1. The highest BCUT2D eigenvalue weighted by atomic mass is 35.5. The highest BCUT2D eigenvalue weighted by Gasteiger charge is 2.09. The van der Waals surface area contributed by atoms with Gasteiger partial charge < -0.3 is 0 Å². The Bertz CT molecular complexity index is 732. The van der Waals surface area contributed by atoms with Crippen molar-refractivity contribution < 1.29 is 0 Å². The minimum Gasteiger partial charge on any atom is -0.247 e. The van der Waals surface area contributed by atoms with E-state index in [4.69, 9.17) is 16.6 Å². The molecule has 0 saturated heterocycles. The molecule has 3 aromatic rings. The van der Waals surface area contributed by atoms with E-state index in [1.165, 1.54) is 11.1 Å². The summed E-state index contributed by atoms with van der Waals surface area (Å²) in [6, 6.07) is 12.1. The van der Waals surface area contributed by atoms with Gasteiger partial charge in [-0.2, -0.15) is 0 Å². The van der Waals surface area contributed by atoms with Gasteiger partial charge >= 0.3 is 0 Å². The number of rotatable bonds is 0. The average Bonchev–Trinajstić information content (AvgIpc) is 2.35. The summed E-state index contributed by atoms with van der Waals surface area (Å²) in [7, 11) is 0. The van der Waals surface area contributed by atoms with E-state index in [1.54, 1.807) is 0 Å². The number of halogens is 1. The highest BCUT2D eigenvalue weighted by molar-refractivity contribution is 6.40. The first-order valence-electron chi connectivity index (χ1n) is 5.62. The zero-order valence-electron chi connectivity index (χ0n) is 9.79. The Hall–Kier alpha value is -1.60. The number of pyridine rings is 1. The first-order valence-corrected chi connectivity index (χ1v) is 6.00. The van der Waals surface area contributed by atoms with E-state index in [-0.39, 0.29) is 0 Å². The second-order valence-electron chi connectivity index (χ2n) is 4.35. The zero-order chi connectivity index (χ0) is 12.0. The molecule has 0 atom stereocenters. The Morgan fingerprint density at radius 3 is 2.53 bits per heavy atom. The molecule has 17 heavy (non-hydrogen) atoms. The number of para-hydroxylation sites is 1. The molecule has 0 aliphatic heterocycles. The smallest absolute Gasteiger partial charge is 0.0756 e. The minimum absolute atomic E-state index is 0.800. The Balaban J connectivity index is 2.59. The minimum atomic E-state index is 0.800. The second-order valence-corrected chi connectivity index (χ2v) is 4.72. The maximum Gasteiger partial charge on any atom is 0.0756 e. The number of fused-ring (bicyclic) bond motifs is 2. The topological polar surface area (TPSA) is 12.9 Å². The van der Waals surface area contributed by atoms with Crippen molar-refractivity contribution >= 4 is 33.4 Å². The van der Waals surface area contributed by atoms with Crippen molar-refractivity contribution in [2.75, 3.05) is 0 Å². The van der Waals surface area contributed by atoms with Crippen molar-refractivity contribution in [2.24, 2.45) is 0 Å². The van der Waals surface area contributed by atoms with Crippen LogP contribution in [0.15, 0.2) is 36.4 Å². The fourth-order valence-corrected chi connectivity index (χ4v) is 2.46. The van der Waals surface area contributed by atoms with Gasteiger partial charge in [-0.3, -0.25) is 0 Å². The molecule has 2 aromatic carbocycles. The molecule has 1 aromatic heterocycles. The van der Waals surface area contributed by atoms with Crippen molar-refractivity contribution in [1.82, 2.24) is 4.98 Å². The van der Waals surface area contributed by atoms with Gasteiger partial charge in [-0.25, -0.2) is 4.98 Å². The first-order chi connectivity index (χ1) is 8.18. The molecule has 84 valence electrons. The number of hydrogen-bond donors (Lipinski definition) is 0. The highest BCUT2D eigenvalue weighted by Crippen LogP contribution is 2.32. The van der Waals surface area contributed by atoms with E-state index in [0.29, 0.717) is 0 Å². The Morgan fingerprint density at radius 1 is 0.941 bits per heavy atom. The molecule has 0 spiro atoms. The lowest BCUT2D eigenvalue weighted by Gasteiger charge is -2.09. The van der Waals surface area contributed by atoms with Gasteiger partial charge in [0.05, 0.1) is 16.1 Å². The quantitative estimate of drug-likeness (QED) is 0.522. The molecule has 3 rings (SSSR count). The first kappa shape index (κ1) is 10.5. The standard InChI is InChI=1S/C15H12ClN/c1-9-7-8-12-14(16)11-5-3-4-6-13(11)17-15(12)10(9)2/h3-8H,1-2H3. The summed E-state index contributed by atoms with van der Waals surface area (Å²) in [5, 5.41) is 2.85. The number of aromatic nitrogens is 1. The molecule has 0 aliphatic carbocycles. The fourth-order valence-electron chi connectivity index (χ4n) is 2.14. The Morgan fingerprint density at radius 2 is 1.71 bits per heavy atom. The van der Waals surface area contributed by atoms with Crippen molar-refractivity contribution in [1.29, 1.82) is 0 Å². The molecular formula is C15H12ClN. The van der Waals surface area contributed by atoms with Crippen molar-refractivity contribution in [3.8, 4) is 0 Å². The third kappa shape index (κ3) is 1.50. The predicted molar refractivity (Wildman–Crippen MR) is 73.7 cm³/mol. The predicted octanol–water partition coefficient (Wildman–Crippen LogP) is 4.66. The van der Waals surface area contributed by atoms with Gasteiger partial charge in [-0.1, -0.05) is 41.9 Å². The van der Waals surface area contributed by atoms with Crippen LogP contribution in [0.1, 0.15) is 11.1 Å². The average molecular weight is 242 g/mol. The number of aryl methyl sites for hydroxylation is 2. The van der Waals surface area contributed by atoms with E-state index in [1.807, 2.05) is 24.3 Å². The van der Waals surface area contributed by atoms with Crippen LogP contribution >= 0.6 is 11.6 Å². The van der Waals surface area contributed by atoms with E-state index in [2.05, 4.69) is 26.0 Å². The van der Waals surface area contributed by atoms with Crippen LogP contribution in [0.25, 0.3) is 21.8 Å². The van der Waals surface area contributed by atoms with Crippen molar-refractivity contribution in [2.45, 2.75) is 13.8 Å². The van der Waals surface area contributed by atoms with Crippen LogP contribution in [0.5, 0.6) is 0 Å². The molecule has 0 unspecified atom stereocenters. The van der Waals surface area contributed by atoms with E-state index < -0.39 is 0 Å². The third-order valence-electron chi connectivity index (χ3n) is 3.31. The van der Waals surface area contributed by atoms with Gasteiger partial charge in [-0.15, -0.1) is 0 Å². The zero-order valence-corrected chi connectivity index (χ0v) is 10.5. The maximum atomic E-state index is 6.46. The van der Waals surface area contributed by atoms with Crippen LogP contribution in [0.2, 0.25) is 5.02 Å². The lowest BCUT2D eigenvalue weighted by molar-refractivity contribution is 1.34. The van der Waals surface area contributed by atoms with Crippen molar-refractivity contribution in [3.05, 3.63) is 52.5 Å². The maximum absolute atomic E-state index is 6.46. The summed E-state index contributed by atoms with van der Waals surface area (Å²) >= 11 is 6.46. The number of benzene rings is 2. The monoisotopic (exact) mass is 241 g/mol. The molecule has 0 bridgehead atoms. The summed E-state index contributed by atoms with van der Waals surface area (Å²) in [4.78, 5) is 4.71. The fraction of sp³-hybridized carbons (Fsp3) is 0.133. The van der Waals surface area contributed by atoms with Crippen LogP contribution < -0.4 is 0 Å². The SMILES string of the molecule is Cc1ccc2c(Cl)c3ccccc3nc2c1C. The van der Waals surface area contributed by atoms with Crippen LogP contribution in [-0.4, -0.2) is 4.98 Å². The summed E-state index contributed by atoms with van der Waals surface area (Å²) in [6.45, 7) is 4.19. The second kappa shape index (κ2) is 3.71. The summed E-state index contributed by atoms with van der Waals surface area (Å²) in [6.07, 6.45) is 0. The molecule has 0 aliphatic rings. The van der Waals surface area contributed by atoms with Gasteiger partial charge in [0.2, 0.25) is 0 Å². The van der Waals surface area contributed by atoms with E-state index in [9.17, 15) is 0 Å². The normalized spacial score (nSPS) is 11.2. The van der Waals surface area contributed by atoms with E-state index >= 15 is 0 Å². The van der Waals surface area contributed by atoms with Crippen LogP contribution in [-0.2, 0) is 0 Å². The molecule has 1 nitrogen and oxygen atoms in total. The van der Waals surface area contributed by atoms with Crippen molar-refractivity contribution in [3.63, 3.8) is 0 Å². The summed E-state index contributed by atoms with van der Waals surface area (Å²) < 4.78 is 0. The lowest BCUT2D eigenvalue weighted by Crippen LogP contribution is -1.90. The Kier molecular flexibility index (Phi) is 2.30. The van der Waals surface area contributed by atoms with Crippen LogP contribution in [0.3, 0.4) is 0 Å². The molecule has 1 heterocycles. The molecule has 0 N–H and O–H groups in total. The summed E-state index contributed by atoms with van der Waals surface area (Å²) in [5.41, 5.74) is 4.42. The molecule has 0 radical (unpaired) electrons. The van der Waals surface area contributed by atoms with Gasteiger partial charge in [-0.05, 0) is 31.0 Å². The largest absolute Gasteiger partial charge is 0.247 e. The number of nitrogens with zero attached hydrogens (tertiary/aromatic N) is 1.